The topological polar surface area (TPSA) is 33.1 Å². The van der Waals surface area contributed by atoms with Crippen LogP contribution in [-0.4, -0.2) is 40.6 Å². The first-order chi connectivity index (χ1) is 7.70. The molecule has 0 aliphatic carbocycles. The Labute approximate surface area is 97.7 Å². The molecule has 0 amide bonds. The zero-order chi connectivity index (χ0) is 11.5. The largest absolute Gasteiger partial charge is 0.359 e. The molecule has 4 nitrogen and oxygen atoms in total. The van der Waals surface area contributed by atoms with E-state index in [0.29, 0.717) is 6.04 Å². The smallest absolute Gasteiger partial charge is 0.202 e. The molecule has 1 N–H and O–H groups in total. The van der Waals surface area contributed by atoms with Gasteiger partial charge in [-0.15, -0.1) is 0 Å². The zero-order valence-electron chi connectivity index (χ0n) is 10.5. The number of hydrogen-bond donors (Lipinski definition) is 1. The van der Waals surface area contributed by atoms with Gasteiger partial charge in [-0.3, -0.25) is 4.90 Å². The molecular formula is C12H22N4. The van der Waals surface area contributed by atoms with Gasteiger partial charge in [-0.1, -0.05) is 0 Å². The fourth-order valence-corrected chi connectivity index (χ4v) is 2.47. The Bertz CT molecular complexity index is 339. The van der Waals surface area contributed by atoms with Crippen LogP contribution < -0.4 is 5.32 Å². The number of imidazole rings is 1. The van der Waals surface area contributed by atoms with E-state index in [1.807, 2.05) is 14.0 Å². The SMILES string of the molecule is CNc1nc(C)cn1CC(C)N1CCCC1. The summed E-state index contributed by atoms with van der Waals surface area (Å²) < 4.78 is 2.22. The number of aromatic nitrogens is 2. The van der Waals surface area contributed by atoms with Crippen LogP contribution in [0.1, 0.15) is 25.5 Å². The second kappa shape index (κ2) is 4.87. The van der Waals surface area contributed by atoms with Crippen LogP contribution in [0.25, 0.3) is 0 Å². The quantitative estimate of drug-likeness (QED) is 0.842. The number of likely N-dealkylation sites (tertiary alicyclic amines) is 1. The molecule has 4 heteroatoms. The van der Waals surface area contributed by atoms with Gasteiger partial charge in [0.2, 0.25) is 5.95 Å². The van der Waals surface area contributed by atoms with Gasteiger partial charge in [0.25, 0.3) is 0 Å². The van der Waals surface area contributed by atoms with E-state index >= 15 is 0 Å². The fraction of sp³-hybridized carbons (Fsp3) is 0.750. The molecule has 1 aromatic heterocycles. The van der Waals surface area contributed by atoms with Crippen LogP contribution in [0.5, 0.6) is 0 Å². The lowest BCUT2D eigenvalue weighted by Gasteiger charge is -2.24. The molecule has 0 radical (unpaired) electrons. The van der Waals surface area contributed by atoms with E-state index in [4.69, 9.17) is 0 Å². The van der Waals surface area contributed by atoms with Crippen molar-refractivity contribution in [3.8, 4) is 0 Å². The number of anilines is 1. The first-order valence-electron chi connectivity index (χ1n) is 6.16. The van der Waals surface area contributed by atoms with Crippen LogP contribution in [0.15, 0.2) is 6.20 Å². The maximum Gasteiger partial charge on any atom is 0.202 e. The standard InChI is InChI=1S/C12H22N4/c1-10-8-16(12(13-3)14-10)9-11(2)15-6-4-5-7-15/h8,11H,4-7,9H2,1-3H3,(H,13,14). The minimum atomic E-state index is 0.600. The predicted octanol–water partition coefficient (Wildman–Crippen LogP) is 1.72. The van der Waals surface area contributed by atoms with Gasteiger partial charge in [0.15, 0.2) is 0 Å². The normalized spacial score (nSPS) is 18.9. The molecule has 1 unspecified atom stereocenters. The number of nitrogens with zero attached hydrogens (tertiary/aromatic N) is 3. The van der Waals surface area contributed by atoms with Crippen LogP contribution in [-0.2, 0) is 6.54 Å². The van der Waals surface area contributed by atoms with Gasteiger partial charge in [-0.05, 0) is 39.8 Å². The fourth-order valence-electron chi connectivity index (χ4n) is 2.47. The van der Waals surface area contributed by atoms with Gasteiger partial charge in [-0.2, -0.15) is 0 Å². The Kier molecular flexibility index (Phi) is 3.49. The molecule has 1 fully saturated rings. The summed E-state index contributed by atoms with van der Waals surface area (Å²) in [6, 6.07) is 0.600. The third-order valence-corrected chi connectivity index (χ3v) is 3.35. The lowest BCUT2D eigenvalue weighted by molar-refractivity contribution is 0.236. The Morgan fingerprint density at radius 3 is 2.75 bits per heavy atom. The Morgan fingerprint density at radius 1 is 1.44 bits per heavy atom. The first kappa shape index (κ1) is 11.5. The molecule has 0 bridgehead atoms. The van der Waals surface area contributed by atoms with E-state index in [9.17, 15) is 0 Å². The van der Waals surface area contributed by atoms with E-state index in [1.54, 1.807) is 0 Å². The third-order valence-electron chi connectivity index (χ3n) is 3.35. The molecule has 1 aliphatic heterocycles. The highest BCUT2D eigenvalue weighted by Crippen LogP contribution is 2.15. The second-order valence-electron chi connectivity index (χ2n) is 4.70. The first-order valence-corrected chi connectivity index (χ1v) is 6.16. The summed E-state index contributed by atoms with van der Waals surface area (Å²) in [6.07, 6.45) is 4.83. The van der Waals surface area contributed by atoms with Gasteiger partial charge in [-0.25, -0.2) is 4.98 Å². The van der Waals surface area contributed by atoms with E-state index in [-0.39, 0.29) is 0 Å². The molecular weight excluding hydrogens is 200 g/mol. The number of aryl methyl sites for hydroxylation is 1. The Hall–Kier alpha value is -1.03. The average molecular weight is 222 g/mol. The minimum absolute atomic E-state index is 0.600. The van der Waals surface area contributed by atoms with Gasteiger partial charge in [0.1, 0.15) is 0 Å². The van der Waals surface area contributed by atoms with Crippen molar-refractivity contribution < 1.29 is 0 Å². The van der Waals surface area contributed by atoms with Crippen molar-refractivity contribution in [1.82, 2.24) is 14.5 Å². The highest BCUT2D eigenvalue weighted by molar-refractivity contribution is 5.27. The molecule has 0 saturated carbocycles. The summed E-state index contributed by atoms with van der Waals surface area (Å²) in [6.45, 7) is 7.88. The summed E-state index contributed by atoms with van der Waals surface area (Å²) in [4.78, 5) is 7.01. The monoisotopic (exact) mass is 222 g/mol. The van der Waals surface area contributed by atoms with Gasteiger partial charge in [0.05, 0.1) is 5.69 Å². The molecule has 1 saturated heterocycles. The summed E-state index contributed by atoms with van der Waals surface area (Å²) in [5.74, 6) is 0.976. The lowest BCUT2D eigenvalue weighted by Crippen LogP contribution is -2.33. The molecule has 16 heavy (non-hydrogen) atoms. The number of nitrogens with one attached hydrogen (secondary N) is 1. The van der Waals surface area contributed by atoms with Crippen molar-refractivity contribution in [2.75, 3.05) is 25.5 Å². The zero-order valence-corrected chi connectivity index (χ0v) is 10.5. The van der Waals surface area contributed by atoms with Crippen LogP contribution in [0.2, 0.25) is 0 Å². The van der Waals surface area contributed by atoms with E-state index in [2.05, 4.69) is 32.9 Å². The highest BCUT2D eigenvalue weighted by atomic mass is 15.2. The average Bonchev–Trinajstić information content (AvgIpc) is 2.87. The van der Waals surface area contributed by atoms with Crippen molar-refractivity contribution >= 4 is 5.95 Å². The van der Waals surface area contributed by atoms with Crippen molar-refractivity contribution in [1.29, 1.82) is 0 Å². The molecule has 2 rings (SSSR count). The molecule has 90 valence electrons. The summed E-state index contributed by atoms with van der Waals surface area (Å²) in [5.41, 5.74) is 1.08. The van der Waals surface area contributed by atoms with E-state index in [1.165, 1.54) is 25.9 Å². The Morgan fingerprint density at radius 2 is 2.12 bits per heavy atom. The molecule has 1 aromatic rings. The summed E-state index contributed by atoms with van der Waals surface area (Å²) in [5, 5.41) is 3.15. The second-order valence-corrected chi connectivity index (χ2v) is 4.70. The van der Waals surface area contributed by atoms with Crippen molar-refractivity contribution in [2.24, 2.45) is 0 Å². The molecule has 0 spiro atoms. The van der Waals surface area contributed by atoms with Crippen molar-refractivity contribution in [3.63, 3.8) is 0 Å². The lowest BCUT2D eigenvalue weighted by atomic mass is 10.3. The van der Waals surface area contributed by atoms with Crippen molar-refractivity contribution in [3.05, 3.63) is 11.9 Å². The highest BCUT2D eigenvalue weighted by Gasteiger charge is 2.19. The molecule has 1 atom stereocenters. The van der Waals surface area contributed by atoms with Gasteiger partial charge < -0.3 is 9.88 Å². The number of rotatable bonds is 4. The maximum atomic E-state index is 4.44. The predicted molar refractivity (Wildman–Crippen MR) is 66.8 cm³/mol. The molecule has 2 heterocycles. The van der Waals surface area contributed by atoms with E-state index < -0.39 is 0 Å². The minimum Gasteiger partial charge on any atom is -0.359 e. The number of hydrogen-bond acceptors (Lipinski definition) is 3. The molecule has 1 aliphatic rings. The Balaban J connectivity index is 2.01. The van der Waals surface area contributed by atoms with Crippen LogP contribution >= 0.6 is 0 Å². The maximum absolute atomic E-state index is 4.44. The summed E-state index contributed by atoms with van der Waals surface area (Å²) in [7, 11) is 1.93. The van der Waals surface area contributed by atoms with Crippen LogP contribution in [0.4, 0.5) is 5.95 Å². The van der Waals surface area contributed by atoms with Crippen LogP contribution in [0, 0.1) is 6.92 Å². The third kappa shape index (κ3) is 2.38. The van der Waals surface area contributed by atoms with Gasteiger partial charge in [0, 0.05) is 25.8 Å². The molecule has 0 aromatic carbocycles. The summed E-state index contributed by atoms with van der Waals surface area (Å²) >= 11 is 0. The van der Waals surface area contributed by atoms with E-state index in [0.717, 1.165) is 18.2 Å². The van der Waals surface area contributed by atoms with Crippen LogP contribution in [0.3, 0.4) is 0 Å². The van der Waals surface area contributed by atoms with Crippen molar-refractivity contribution in [2.45, 2.75) is 39.3 Å². The van der Waals surface area contributed by atoms with Gasteiger partial charge >= 0.3 is 0 Å².